The van der Waals surface area contributed by atoms with E-state index in [2.05, 4.69) is 0 Å². The molecule has 0 N–H and O–H groups in total. The zero-order valence-electron chi connectivity index (χ0n) is 27.8. The lowest BCUT2D eigenvalue weighted by molar-refractivity contribution is -0.130. The summed E-state index contributed by atoms with van der Waals surface area (Å²) in [6.45, 7) is 1.45. The number of ketones is 2. The molecule has 0 aromatic heterocycles. The molecule has 2 bridgehead atoms. The highest BCUT2D eigenvalue weighted by Gasteiger charge is 2.82. The summed E-state index contributed by atoms with van der Waals surface area (Å²) < 4.78 is 11.0. The molecule has 5 aromatic carbocycles. The van der Waals surface area contributed by atoms with E-state index in [1.165, 1.54) is 11.8 Å². The van der Waals surface area contributed by atoms with Crippen molar-refractivity contribution in [1.82, 2.24) is 0 Å². The summed E-state index contributed by atoms with van der Waals surface area (Å²) in [4.78, 5) is 60.1. The first-order chi connectivity index (χ1) is 24.3. The third-order valence-corrected chi connectivity index (χ3v) is 10.7. The second kappa shape index (κ2) is 11.5. The number of benzene rings is 5. The molecule has 246 valence electrons. The van der Waals surface area contributed by atoms with Crippen molar-refractivity contribution < 1.29 is 28.7 Å². The normalized spacial score (nSPS) is 23.7. The molecule has 2 fully saturated rings. The highest BCUT2D eigenvalue weighted by atomic mass is 16.5. The molecular formula is C43H33NO6. The van der Waals surface area contributed by atoms with Crippen molar-refractivity contribution in [3.63, 3.8) is 0 Å². The molecule has 5 aromatic rings. The fourth-order valence-corrected chi connectivity index (χ4v) is 8.76. The van der Waals surface area contributed by atoms with Crippen LogP contribution >= 0.6 is 0 Å². The zero-order valence-corrected chi connectivity index (χ0v) is 27.8. The van der Waals surface area contributed by atoms with Crippen molar-refractivity contribution in [1.29, 1.82) is 0 Å². The predicted octanol–water partition coefficient (Wildman–Crippen LogP) is 7.10. The fourth-order valence-electron chi connectivity index (χ4n) is 8.76. The summed E-state index contributed by atoms with van der Waals surface area (Å²) >= 11 is 0. The summed E-state index contributed by atoms with van der Waals surface area (Å²) in [5.41, 5.74) is 1.67. The molecule has 0 unspecified atom stereocenters. The molecule has 8 rings (SSSR count). The Morgan fingerprint density at radius 3 is 1.42 bits per heavy atom. The Kier molecular flexibility index (Phi) is 7.19. The molecule has 1 saturated heterocycles. The van der Waals surface area contributed by atoms with E-state index >= 15 is 14.4 Å². The molecule has 7 heteroatoms. The number of allylic oxidation sites excluding steroid dienone is 2. The molecule has 3 aliphatic rings. The maximum atomic E-state index is 16.1. The predicted molar refractivity (Wildman–Crippen MR) is 190 cm³/mol. The van der Waals surface area contributed by atoms with Crippen molar-refractivity contribution in [2.45, 2.75) is 17.8 Å². The highest BCUT2D eigenvalue weighted by molar-refractivity contribution is 6.39. The summed E-state index contributed by atoms with van der Waals surface area (Å²) in [5, 5.41) is 0. The van der Waals surface area contributed by atoms with Gasteiger partial charge in [0.2, 0.25) is 11.8 Å². The molecule has 1 saturated carbocycles. The van der Waals surface area contributed by atoms with Crippen LogP contribution in [-0.2, 0) is 25.2 Å². The molecular weight excluding hydrogens is 626 g/mol. The number of methoxy groups -OCH3 is 2. The van der Waals surface area contributed by atoms with Crippen LogP contribution in [0.4, 0.5) is 5.69 Å². The monoisotopic (exact) mass is 659 g/mol. The molecule has 1 heterocycles. The van der Waals surface area contributed by atoms with Gasteiger partial charge in [0.25, 0.3) is 0 Å². The number of Topliss-reactive ketones (excluding diaryl/α,β-unsaturated/α-hetero) is 2. The minimum absolute atomic E-state index is 0.187. The van der Waals surface area contributed by atoms with Crippen LogP contribution in [0.15, 0.2) is 133 Å². The van der Waals surface area contributed by atoms with E-state index in [9.17, 15) is 4.79 Å². The minimum atomic E-state index is -1.55. The van der Waals surface area contributed by atoms with Crippen molar-refractivity contribution in [3.05, 3.63) is 161 Å². The van der Waals surface area contributed by atoms with Gasteiger partial charge in [0.1, 0.15) is 11.5 Å². The maximum Gasteiger partial charge on any atom is 0.239 e. The SMILES string of the molecule is COc1ccc(C2=C(c3ccc(OC)cc3)[C@]3(c4ccccc4)C(=O)[C@]2(c2ccccc2)[C@@H]2C(=O)N(c4cccc(C(C)=O)c4)C(=O)[C@H]23)cc1. The molecule has 0 spiro atoms. The van der Waals surface area contributed by atoms with Gasteiger partial charge < -0.3 is 9.47 Å². The van der Waals surface area contributed by atoms with E-state index in [1.807, 2.05) is 109 Å². The number of nitrogens with zero attached hydrogens (tertiary/aromatic N) is 1. The molecule has 2 amide bonds. The topological polar surface area (TPSA) is 90.0 Å². The average Bonchev–Trinajstić information content (AvgIpc) is 3.67. The van der Waals surface area contributed by atoms with Crippen molar-refractivity contribution in [2.75, 3.05) is 19.1 Å². The van der Waals surface area contributed by atoms with Gasteiger partial charge in [-0.2, -0.15) is 0 Å². The second-order valence-electron chi connectivity index (χ2n) is 13.0. The van der Waals surface area contributed by atoms with Crippen LogP contribution in [0.25, 0.3) is 11.1 Å². The first-order valence-electron chi connectivity index (χ1n) is 16.5. The Morgan fingerprint density at radius 1 is 0.580 bits per heavy atom. The lowest BCUT2D eigenvalue weighted by atomic mass is 9.59. The number of rotatable bonds is 8. The van der Waals surface area contributed by atoms with Crippen molar-refractivity contribution in [3.8, 4) is 11.5 Å². The number of hydrogen-bond acceptors (Lipinski definition) is 6. The van der Waals surface area contributed by atoms with E-state index in [0.717, 1.165) is 11.1 Å². The number of ether oxygens (including phenoxy) is 2. The maximum absolute atomic E-state index is 16.1. The third-order valence-electron chi connectivity index (χ3n) is 10.7. The van der Waals surface area contributed by atoms with Gasteiger partial charge in [-0.25, -0.2) is 4.90 Å². The molecule has 1 aliphatic heterocycles. The molecule has 4 atom stereocenters. The Hall–Kier alpha value is -6.08. The number of carbonyl (C=O) groups excluding carboxylic acids is 4. The number of anilines is 1. The first kappa shape index (κ1) is 31.2. The number of carbonyl (C=O) groups is 4. The van der Waals surface area contributed by atoms with E-state index in [0.29, 0.717) is 45.0 Å². The molecule has 7 nitrogen and oxygen atoms in total. The van der Waals surface area contributed by atoms with Gasteiger partial charge in [-0.3, -0.25) is 19.2 Å². The van der Waals surface area contributed by atoms with Gasteiger partial charge in [0.15, 0.2) is 11.6 Å². The minimum Gasteiger partial charge on any atom is -0.497 e. The number of fused-ring (bicyclic) bond motifs is 5. The summed E-state index contributed by atoms with van der Waals surface area (Å²) in [7, 11) is 3.19. The van der Waals surface area contributed by atoms with Gasteiger partial charge in [0, 0.05) is 5.56 Å². The lowest BCUT2D eigenvalue weighted by Crippen LogP contribution is -2.45. The van der Waals surface area contributed by atoms with Gasteiger partial charge in [-0.1, -0.05) is 97.1 Å². The van der Waals surface area contributed by atoms with Crippen LogP contribution < -0.4 is 14.4 Å². The molecule has 0 radical (unpaired) electrons. The smallest absolute Gasteiger partial charge is 0.239 e. The summed E-state index contributed by atoms with van der Waals surface area (Å²) in [6, 6.07) is 40.3. The van der Waals surface area contributed by atoms with E-state index in [-0.39, 0.29) is 11.6 Å². The summed E-state index contributed by atoms with van der Waals surface area (Å²) in [5.74, 6) is -2.23. The fraction of sp³-hybridized carbons (Fsp3) is 0.163. The van der Waals surface area contributed by atoms with Crippen LogP contribution in [0, 0.1) is 11.8 Å². The van der Waals surface area contributed by atoms with Gasteiger partial charge >= 0.3 is 0 Å². The number of amides is 2. The number of hydrogen-bond donors (Lipinski definition) is 0. The highest BCUT2D eigenvalue weighted by Crippen LogP contribution is 2.74. The zero-order chi connectivity index (χ0) is 34.8. The quantitative estimate of drug-likeness (QED) is 0.131. The van der Waals surface area contributed by atoms with Gasteiger partial charge in [-0.05, 0) is 76.7 Å². The van der Waals surface area contributed by atoms with E-state index in [4.69, 9.17) is 9.47 Å². The van der Waals surface area contributed by atoms with Gasteiger partial charge in [-0.15, -0.1) is 0 Å². The number of imide groups is 1. The largest absolute Gasteiger partial charge is 0.497 e. The second-order valence-corrected chi connectivity index (χ2v) is 13.0. The van der Waals surface area contributed by atoms with Crippen LogP contribution in [-0.4, -0.2) is 37.6 Å². The van der Waals surface area contributed by atoms with E-state index < -0.39 is 34.5 Å². The Labute approximate surface area is 289 Å². The third kappa shape index (κ3) is 4.03. The average molecular weight is 660 g/mol. The molecule has 50 heavy (non-hydrogen) atoms. The Balaban J connectivity index is 1.53. The van der Waals surface area contributed by atoms with Crippen LogP contribution in [0.3, 0.4) is 0 Å². The lowest BCUT2D eigenvalue weighted by Gasteiger charge is -2.39. The van der Waals surface area contributed by atoms with Crippen LogP contribution in [0.5, 0.6) is 11.5 Å². The van der Waals surface area contributed by atoms with Crippen molar-refractivity contribution in [2.24, 2.45) is 11.8 Å². The summed E-state index contributed by atoms with van der Waals surface area (Å²) in [6.07, 6.45) is 0. The molecule has 2 aliphatic carbocycles. The van der Waals surface area contributed by atoms with Crippen LogP contribution in [0.2, 0.25) is 0 Å². The Bertz CT molecular complexity index is 2100. The van der Waals surface area contributed by atoms with Gasteiger partial charge in [0.05, 0.1) is 42.6 Å². The van der Waals surface area contributed by atoms with Crippen LogP contribution in [0.1, 0.15) is 39.5 Å². The first-order valence-corrected chi connectivity index (χ1v) is 16.5. The van der Waals surface area contributed by atoms with Crippen molar-refractivity contribution >= 4 is 40.2 Å². The Morgan fingerprint density at radius 2 is 1.02 bits per heavy atom. The van der Waals surface area contributed by atoms with E-state index in [1.54, 1.807) is 38.5 Å². The standard InChI is InChI=1S/C43H33NO6/c1-26(45)29-11-10-16-32(25-29)44-39(46)37-38(40(44)47)43(31-14-8-5-9-15-31)36(28-19-23-34(50-3)24-20-28)35(27-17-21-33(49-2)22-18-27)42(37,41(43)48)30-12-6-4-7-13-30/h4-25,37-38H,1-3H3/t37-,38-,42-,43-/m0/s1.